The van der Waals surface area contributed by atoms with Gasteiger partial charge >= 0.3 is 0 Å². The Hall–Kier alpha value is -1.83. The molecule has 20 heavy (non-hydrogen) atoms. The monoisotopic (exact) mass is 273 g/mol. The molecule has 0 aromatic heterocycles. The zero-order valence-electron chi connectivity index (χ0n) is 11.6. The van der Waals surface area contributed by atoms with Crippen molar-refractivity contribution in [3.8, 4) is 11.8 Å². The van der Waals surface area contributed by atoms with E-state index in [1.54, 1.807) is 6.07 Å². The first-order valence-corrected chi connectivity index (χ1v) is 6.87. The molecule has 1 aromatic carbocycles. The molecule has 106 valence electrons. The fourth-order valence-corrected chi connectivity index (χ4v) is 2.40. The summed E-state index contributed by atoms with van der Waals surface area (Å²) in [6.07, 6.45) is 1.64. The lowest BCUT2D eigenvalue weighted by atomic mass is 9.98. The maximum atomic E-state index is 12.2. The molecule has 2 rings (SSSR count). The van der Waals surface area contributed by atoms with Gasteiger partial charge in [0.15, 0.2) is 0 Å². The van der Waals surface area contributed by atoms with Crippen molar-refractivity contribution in [1.29, 1.82) is 0 Å². The van der Waals surface area contributed by atoms with Crippen LogP contribution in [0.3, 0.4) is 0 Å². The Kier molecular flexibility index (Phi) is 5.16. The molecule has 0 aliphatic carbocycles. The van der Waals surface area contributed by atoms with Gasteiger partial charge in [-0.2, -0.15) is 0 Å². The number of ether oxygens (including phenoxy) is 1. The van der Waals surface area contributed by atoms with Gasteiger partial charge in [0.05, 0.1) is 12.0 Å². The summed E-state index contributed by atoms with van der Waals surface area (Å²) < 4.78 is 5.54. The number of hydrogen-bond acceptors (Lipinski definition) is 3. The number of carbonyl (C=O) groups excluding carboxylic acids is 1. The SMILES string of the molecule is CCC1OCCC1C(=O)Nc1cccc(C#CCO)c1. The number of aliphatic hydroxyl groups is 1. The van der Waals surface area contributed by atoms with Crippen LogP contribution in [0.15, 0.2) is 24.3 Å². The average Bonchev–Trinajstić information content (AvgIpc) is 2.94. The van der Waals surface area contributed by atoms with E-state index in [-0.39, 0.29) is 24.5 Å². The Balaban J connectivity index is 2.04. The van der Waals surface area contributed by atoms with E-state index in [0.29, 0.717) is 6.61 Å². The fraction of sp³-hybridized carbons (Fsp3) is 0.438. The summed E-state index contributed by atoms with van der Waals surface area (Å²) in [4.78, 5) is 12.2. The Morgan fingerprint density at radius 1 is 1.55 bits per heavy atom. The van der Waals surface area contributed by atoms with Crippen molar-refractivity contribution in [2.75, 3.05) is 18.5 Å². The van der Waals surface area contributed by atoms with Crippen LogP contribution >= 0.6 is 0 Å². The maximum Gasteiger partial charge on any atom is 0.230 e. The highest BCUT2D eigenvalue weighted by atomic mass is 16.5. The summed E-state index contributed by atoms with van der Waals surface area (Å²) in [5.41, 5.74) is 1.49. The van der Waals surface area contributed by atoms with Crippen molar-refractivity contribution >= 4 is 11.6 Å². The molecule has 1 aromatic rings. The van der Waals surface area contributed by atoms with Crippen LogP contribution in [0.2, 0.25) is 0 Å². The van der Waals surface area contributed by atoms with Crippen LogP contribution in [0.25, 0.3) is 0 Å². The van der Waals surface area contributed by atoms with Crippen LogP contribution < -0.4 is 5.32 Å². The first kappa shape index (κ1) is 14.6. The molecule has 1 aliphatic rings. The van der Waals surface area contributed by atoms with Gasteiger partial charge in [0, 0.05) is 17.9 Å². The van der Waals surface area contributed by atoms with Crippen molar-refractivity contribution in [2.45, 2.75) is 25.9 Å². The second-order valence-electron chi connectivity index (χ2n) is 4.74. The average molecular weight is 273 g/mol. The number of rotatable bonds is 3. The molecule has 4 heteroatoms. The summed E-state index contributed by atoms with van der Waals surface area (Å²) in [6, 6.07) is 7.31. The van der Waals surface area contributed by atoms with E-state index >= 15 is 0 Å². The van der Waals surface area contributed by atoms with Crippen LogP contribution in [0, 0.1) is 17.8 Å². The van der Waals surface area contributed by atoms with Gasteiger partial charge in [0.25, 0.3) is 0 Å². The standard InChI is InChI=1S/C16H19NO3/c1-2-15-14(8-10-20-15)16(19)17-13-7-3-5-12(11-13)6-4-9-18/h3,5,7,11,14-15,18H,2,8-10H2,1H3,(H,17,19). The van der Waals surface area contributed by atoms with E-state index < -0.39 is 0 Å². The third kappa shape index (κ3) is 3.60. The highest BCUT2D eigenvalue weighted by Gasteiger charge is 2.32. The Bertz CT molecular complexity index is 530. The molecule has 1 heterocycles. The summed E-state index contributed by atoms with van der Waals surface area (Å²) in [6.45, 7) is 2.51. The first-order valence-electron chi connectivity index (χ1n) is 6.87. The zero-order chi connectivity index (χ0) is 14.4. The number of amides is 1. The van der Waals surface area contributed by atoms with Gasteiger partial charge in [0.2, 0.25) is 5.91 Å². The normalized spacial score (nSPS) is 21.1. The van der Waals surface area contributed by atoms with Crippen molar-refractivity contribution in [3.05, 3.63) is 29.8 Å². The van der Waals surface area contributed by atoms with Gasteiger partial charge in [0.1, 0.15) is 6.61 Å². The van der Waals surface area contributed by atoms with Gasteiger partial charge in [-0.15, -0.1) is 0 Å². The van der Waals surface area contributed by atoms with Crippen LogP contribution in [-0.2, 0) is 9.53 Å². The summed E-state index contributed by atoms with van der Waals surface area (Å²) in [5.74, 6) is 5.34. The topological polar surface area (TPSA) is 58.6 Å². The molecule has 2 N–H and O–H groups in total. The van der Waals surface area contributed by atoms with Gasteiger partial charge in [-0.3, -0.25) is 4.79 Å². The fourth-order valence-electron chi connectivity index (χ4n) is 2.40. The molecule has 0 spiro atoms. The van der Waals surface area contributed by atoms with Crippen molar-refractivity contribution in [3.63, 3.8) is 0 Å². The third-order valence-electron chi connectivity index (χ3n) is 3.39. The van der Waals surface area contributed by atoms with Crippen molar-refractivity contribution in [2.24, 2.45) is 5.92 Å². The highest BCUT2D eigenvalue weighted by molar-refractivity contribution is 5.93. The van der Waals surface area contributed by atoms with Crippen molar-refractivity contribution < 1.29 is 14.6 Å². The smallest absolute Gasteiger partial charge is 0.230 e. The molecule has 1 amide bonds. The van der Waals surface area contributed by atoms with E-state index in [1.807, 2.05) is 25.1 Å². The predicted molar refractivity (Wildman–Crippen MR) is 77.2 cm³/mol. The summed E-state index contributed by atoms with van der Waals surface area (Å²) >= 11 is 0. The molecular weight excluding hydrogens is 254 g/mol. The van der Waals surface area contributed by atoms with Gasteiger partial charge in [-0.05, 0) is 31.0 Å². The lowest BCUT2D eigenvalue weighted by Gasteiger charge is -2.16. The lowest BCUT2D eigenvalue weighted by molar-refractivity contribution is -0.121. The number of anilines is 1. The molecule has 2 unspecified atom stereocenters. The largest absolute Gasteiger partial charge is 0.384 e. The number of hydrogen-bond donors (Lipinski definition) is 2. The number of aliphatic hydroxyl groups excluding tert-OH is 1. The van der Waals surface area contributed by atoms with Crippen LogP contribution in [0.5, 0.6) is 0 Å². The van der Waals surface area contributed by atoms with E-state index in [1.165, 1.54) is 0 Å². The Labute approximate surface area is 119 Å². The van der Waals surface area contributed by atoms with E-state index in [9.17, 15) is 4.79 Å². The molecule has 0 saturated carbocycles. The number of benzene rings is 1. The minimum atomic E-state index is -0.172. The van der Waals surface area contributed by atoms with Gasteiger partial charge in [-0.25, -0.2) is 0 Å². The Morgan fingerprint density at radius 3 is 3.15 bits per heavy atom. The Morgan fingerprint density at radius 2 is 2.40 bits per heavy atom. The molecule has 2 atom stereocenters. The minimum absolute atomic E-state index is 0.00150. The first-order chi connectivity index (χ1) is 9.74. The second-order valence-corrected chi connectivity index (χ2v) is 4.74. The summed E-state index contributed by atoms with van der Waals surface area (Å²) in [7, 11) is 0. The molecule has 1 aliphatic heterocycles. The molecule has 0 bridgehead atoms. The molecule has 1 saturated heterocycles. The highest BCUT2D eigenvalue weighted by Crippen LogP contribution is 2.25. The molecular formula is C16H19NO3. The maximum absolute atomic E-state index is 12.2. The predicted octanol–water partition coefficient (Wildman–Crippen LogP) is 1.78. The van der Waals surface area contributed by atoms with Crippen LogP contribution in [-0.4, -0.2) is 30.3 Å². The number of carbonyl (C=O) groups is 1. The second kappa shape index (κ2) is 7.09. The molecule has 4 nitrogen and oxygen atoms in total. The summed E-state index contributed by atoms with van der Waals surface area (Å²) in [5, 5.41) is 11.6. The molecule has 1 fully saturated rings. The van der Waals surface area contributed by atoms with Crippen molar-refractivity contribution in [1.82, 2.24) is 0 Å². The zero-order valence-corrected chi connectivity index (χ0v) is 11.6. The minimum Gasteiger partial charge on any atom is -0.384 e. The quantitative estimate of drug-likeness (QED) is 0.825. The van der Waals surface area contributed by atoms with Gasteiger partial charge < -0.3 is 15.2 Å². The van der Waals surface area contributed by atoms with E-state index in [4.69, 9.17) is 9.84 Å². The van der Waals surface area contributed by atoms with Crippen LogP contribution in [0.4, 0.5) is 5.69 Å². The van der Waals surface area contributed by atoms with E-state index in [0.717, 1.165) is 24.1 Å². The third-order valence-corrected chi connectivity index (χ3v) is 3.39. The molecule has 0 radical (unpaired) electrons. The van der Waals surface area contributed by atoms with E-state index in [2.05, 4.69) is 17.2 Å². The lowest BCUT2D eigenvalue weighted by Crippen LogP contribution is -2.29. The van der Waals surface area contributed by atoms with Gasteiger partial charge in [-0.1, -0.05) is 24.8 Å². The number of nitrogens with one attached hydrogen (secondary N) is 1. The van der Waals surface area contributed by atoms with Crippen LogP contribution in [0.1, 0.15) is 25.3 Å².